The van der Waals surface area contributed by atoms with Crippen LogP contribution in [0.5, 0.6) is 5.75 Å². The molecule has 3 N–H and O–H groups in total. The Morgan fingerprint density at radius 1 is 1.37 bits per heavy atom. The van der Waals surface area contributed by atoms with E-state index in [1.165, 1.54) is 0 Å². The van der Waals surface area contributed by atoms with Crippen LogP contribution in [0.15, 0.2) is 24.3 Å². The van der Waals surface area contributed by atoms with Crippen molar-refractivity contribution in [3.8, 4) is 5.75 Å². The van der Waals surface area contributed by atoms with Crippen LogP contribution in [-0.2, 0) is 11.2 Å². The third-order valence-electron chi connectivity index (χ3n) is 3.91. The summed E-state index contributed by atoms with van der Waals surface area (Å²) >= 11 is 0. The first-order valence-electron chi connectivity index (χ1n) is 6.52. The summed E-state index contributed by atoms with van der Waals surface area (Å²) in [7, 11) is 1.62. The van der Waals surface area contributed by atoms with Gasteiger partial charge in [-0.2, -0.15) is 0 Å². The molecule has 0 amide bonds. The average molecular weight is 265 g/mol. The van der Waals surface area contributed by atoms with Crippen LogP contribution in [0, 0.1) is 11.3 Å². The minimum absolute atomic E-state index is 0.00764. The number of carboxylic acid groups (broad SMARTS) is 1. The van der Waals surface area contributed by atoms with Crippen LogP contribution < -0.4 is 10.5 Å². The van der Waals surface area contributed by atoms with Gasteiger partial charge in [-0.3, -0.25) is 4.79 Å². The molecule has 19 heavy (non-hydrogen) atoms. The molecule has 1 rings (SSSR count). The molecular formula is C15H23NO3. The predicted octanol–water partition coefficient (Wildman–Crippen LogP) is 2.31. The van der Waals surface area contributed by atoms with Crippen LogP contribution in [0.1, 0.15) is 25.8 Å². The molecule has 4 heteroatoms. The molecule has 106 valence electrons. The van der Waals surface area contributed by atoms with Gasteiger partial charge in [0.1, 0.15) is 5.75 Å². The van der Waals surface area contributed by atoms with Gasteiger partial charge in [0.05, 0.1) is 12.5 Å². The Morgan fingerprint density at radius 3 is 2.32 bits per heavy atom. The maximum atomic E-state index is 11.5. The van der Waals surface area contributed by atoms with Gasteiger partial charge in [-0.05, 0) is 36.5 Å². The molecule has 0 saturated heterocycles. The van der Waals surface area contributed by atoms with Crippen LogP contribution >= 0.6 is 0 Å². The molecule has 0 heterocycles. The van der Waals surface area contributed by atoms with Crippen molar-refractivity contribution in [2.45, 2.75) is 26.7 Å². The number of rotatable bonds is 7. The number of carboxylic acids is 1. The Balaban J connectivity index is 2.78. The maximum Gasteiger partial charge on any atom is 0.311 e. The van der Waals surface area contributed by atoms with Gasteiger partial charge in [0, 0.05) is 6.54 Å². The highest BCUT2D eigenvalue weighted by molar-refractivity contribution is 5.75. The Hall–Kier alpha value is -1.55. The van der Waals surface area contributed by atoms with Crippen molar-refractivity contribution in [2.75, 3.05) is 13.7 Å². The summed E-state index contributed by atoms with van der Waals surface area (Å²) < 4.78 is 5.10. The second-order valence-electron chi connectivity index (χ2n) is 5.17. The predicted molar refractivity (Wildman–Crippen MR) is 75.3 cm³/mol. The summed E-state index contributed by atoms with van der Waals surface area (Å²) in [5, 5.41) is 9.45. The van der Waals surface area contributed by atoms with Crippen molar-refractivity contribution in [3.63, 3.8) is 0 Å². The van der Waals surface area contributed by atoms with Gasteiger partial charge in [-0.25, -0.2) is 0 Å². The third kappa shape index (κ3) is 3.47. The monoisotopic (exact) mass is 265 g/mol. The largest absolute Gasteiger partial charge is 0.497 e. The highest BCUT2D eigenvalue weighted by Crippen LogP contribution is 2.32. The summed E-state index contributed by atoms with van der Waals surface area (Å²) in [6, 6.07) is 7.69. The fraction of sp³-hybridized carbons (Fsp3) is 0.533. The minimum atomic E-state index is -0.847. The van der Waals surface area contributed by atoms with Gasteiger partial charge in [-0.15, -0.1) is 0 Å². The molecule has 0 spiro atoms. The van der Waals surface area contributed by atoms with Crippen molar-refractivity contribution in [1.82, 2.24) is 0 Å². The highest BCUT2D eigenvalue weighted by atomic mass is 16.5. The summed E-state index contributed by atoms with van der Waals surface area (Å²) in [5.41, 5.74) is 5.97. The van der Waals surface area contributed by atoms with E-state index in [2.05, 4.69) is 0 Å². The number of carbonyl (C=O) groups is 1. The van der Waals surface area contributed by atoms with Gasteiger partial charge in [-0.1, -0.05) is 26.0 Å². The van der Waals surface area contributed by atoms with Crippen molar-refractivity contribution in [3.05, 3.63) is 29.8 Å². The molecule has 0 bridgehead atoms. The lowest BCUT2D eigenvalue weighted by atomic mass is 9.73. The van der Waals surface area contributed by atoms with Crippen LogP contribution in [-0.4, -0.2) is 24.7 Å². The lowest BCUT2D eigenvalue weighted by Gasteiger charge is -2.32. The standard InChI is InChI=1S/C15H23NO3/c1-11(2)15(10-16,14(17)18)9-8-12-4-6-13(19-3)7-5-12/h4-7,11H,8-10,16H2,1-3H3,(H,17,18). The van der Waals surface area contributed by atoms with E-state index in [-0.39, 0.29) is 12.5 Å². The lowest BCUT2D eigenvalue weighted by molar-refractivity contribution is -0.151. The number of benzene rings is 1. The molecule has 0 aromatic heterocycles. The van der Waals surface area contributed by atoms with Gasteiger partial charge < -0.3 is 15.6 Å². The molecule has 1 unspecified atom stereocenters. The SMILES string of the molecule is COc1ccc(CCC(CN)(C(=O)O)C(C)C)cc1. The molecular weight excluding hydrogens is 242 g/mol. The fourth-order valence-corrected chi connectivity index (χ4v) is 2.23. The number of ether oxygens (including phenoxy) is 1. The third-order valence-corrected chi connectivity index (χ3v) is 3.91. The van der Waals surface area contributed by atoms with Crippen LogP contribution in [0.4, 0.5) is 0 Å². The average Bonchev–Trinajstić information content (AvgIpc) is 2.40. The van der Waals surface area contributed by atoms with Gasteiger partial charge in [0.25, 0.3) is 0 Å². The summed E-state index contributed by atoms with van der Waals surface area (Å²) in [4.78, 5) is 11.5. The molecule has 0 radical (unpaired) electrons. The first kappa shape index (κ1) is 15.5. The number of hydrogen-bond donors (Lipinski definition) is 2. The number of nitrogens with two attached hydrogens (primary N) is 1. The van der Waals surface area contributed by atoms with E-state index in [1.807, 2.05) is 38.1 Å². The second kappa shape index (κ2) is 6.57. The zero-order valence-electron chi connectivity index (χ0n) is 11.8. The molecule has 0 fully saturated rings. The zero-order valence-corrected chi connectivity index (χ0v) is 11.8. The van der Waals surface area contributed by atoms with Crippen molar-refractivity contribution in [2.24, 2.45) is 17.1 Å². The van der Waals surface area contributed by atoms with E-state index in [1.54, 1.807) is 7.11 Å². The van der Waals surface area contributed by atoms with E-state index in [0.29, 0.717) is 12.8 Å². The molecule has 1 atom stereocenters. The van der Waals surface area contributed by atoms with Crippen molar-refractivity contribution in [1.29, 1.82) is 0 Å². The normalized spacial score (nSPS) is 14.2. The van der Waals surface area contributed by atoms with Gasteiger partial charge >= 0.3 is 5.97 Å². The first-order chi connectivity index (χ1) is 8.96. The van der Waals surface area contributed by atoms with Gasteiger partial charge in [0.15, 0.2) is 0 Å². The van der Waals surface area contributed by atoms with Crippen LogP contribution in [0.25, 0.3) is 0 Å². The number of hydrogen-bond acceptors (Lipinski definition) is 3. The smallest absolute Gasteiger partial charge is 0.311 e. The Bertz CT molecular complexity index is 414. The minimum Gasteiger partial charge on any atom is -0.497 e. The van der Waals surface area contributed by atoms with Crippen LogP contribution in [0.2, 0.25) is 0 Å². The summed E-state index contributed by atoms with van der Waals surface area (Å²) in [6.07, 6.45) is 1.24. The molecule has 0 aliphatic carbocycles. The van der Waals surface area contributed by atoms with E-state index in [0.717, 1.165) is 11.3 Å². The van der Waals surface area contributed by atoms with Crippen LogP contribution in [0.3, 0.4) is 0 Å². The fourth-order valence-electron chi connectivity index (χ4n) is 2.23. The molecule has 0 aliphatic heterocycles. The van der Waals surface area contributed by atoms with E-state index < -0.39 is 11.4 Å². The molecule has 4 nitrogen and oxygen atoms in total. The zero-order chi connectivity index (χ0) is 14.5. The second-order valence-corrected chi connectivity index (χ2v) is 5.17. The summed E-state index contributed by atoms with van der Waals surface area (Å²) in [5.74, 6) is 0.00249. The lowest BCUT2D eigenvalue weighted by Crippen LogP contribution is -2.43. The number of aliphatic carboxylic acids is 1. The molecule has 1 aromatic rings. The quantitative estimate of drug-likeness (QED) is 0.793. The molecule has 1 aromatic carbocycles. The molecule has 0 aliphatic rings. The Labute approximate surface area is 114 Å². The Morgan fingerprint density at radius 2 is 1.95 bits per heavy atom. The first-order valence-corrected chi connectivity index (χ1v) is 6.52. The number of aryl methyl sites for hydroxylation is 1. The van der Waals surface area contributed by atoms with Crippen molar-refractivity contribution < 1.29 is 14.6 Å². The number of methoxy groups -OCH3 is 1. The van der Waals surface area contributed by atoms with E-state index in [4.69, 9.17) is 10.5 Å². The topological polar surface area (TPSA) is 72.5 Å². The van der Waals surface area contributed by atoms with E-state index >= 15 is 0 Å². The highest BCUT2D eigenvalue weighted by Gasteiger charge is 2.39. The van der Waals surface area contributed by atoms with Crippen molar-refractivity contribution >= 4 is 5.97 Å². The maximum absolute atomic E-state index is 11.5. The van der Waals surface area contributed by atoms with Gasteiger partial charge in [0.2, 0.25) is 0 Å². The Kier molecular flexibility index (Phi) is 5.36. The summed E-state index contributed by atoms with van der Waals surface area (Å²) in [6.45, 7) is 3.99. The molecule has 0 saturated carbocycles. The van der Waals surface area contributed by atoms with E-state index in [9.17, 15) is 9.90 Å².